The molecule has 2 unspecified atom stereocenters. The molecule has 1 saturated heterocycles. The third-order valence-corrected chi connectivity index (χ3v) is 4.28. The SMILES string of the molecule is CCCNCc1ccc(CN2CCC(C)CC2C)nc1. The van der Waals surface area contributed by atoms with Crippen LogP contribution in [0.1, 0.15) is 51.3 Å². The third-order valence-electron chi connectivity index (χ3n) is 4.28. The number of likely N-dealkylation sites (tertiary alicyclic amines) is 1. The fourth-order valence-electron chi connectivity index (χ4n) is 2.96. The Labute approximate surface area is 123 Å². The minimum atomic E-state index is 0.687. The van der Waals surface area contributed by atoms with E-state index in [2.05, 4.69) is 48.1 Å². The number of aromatic nitrogens is 1. The van der Waals surface area contributed by atoms with Crippen molar-refractivity contribution in [3.05, 3.63) is 29.6 Å². The Kier molecular flexibility index (Phi) is 5.99. The van der Waals surface area contributed by atoms with Crippen molar-refractivity contribution in [2.24, 2.45) is 5.92 Å². The van der Waals surface area contributed by atoms with Crippen LogP contribution in [0.3, 0.4) is 0 Å². The van der Waals surface area contributed by atoms with Gasteiger partial charge < -0.3 is 5.32 Å². The highest BCUT2D eigenvalue weighted by Crippen LogP contribution is 2.23. The highest BCUT2D eigenvalue weighted by atomic mass is 15.2. The van der Waals surface area contributed by atoms with Gasteiger partial charge in [-0.25, -0.2) is 0 Å². The molecule has 0 spiro atoms. The van der Waals surface area contributed by atoms with Gasteiger partial charge in [0.05, 0.1) is 5.69 Å². The molecular formula is C17H29N3. The molecule has 0 bridgehead atoms. The largest absolute Gasteiger partial charge is 0.313 e. The van der Waals surface area contributed by atoms with Gasteiger partial charge in [0.25, 0.3) is 0 Å². The lowest BCUT2D eigenvalue weighted by Gasteiger charge is -2.36. The molecule has 0 saturated carbocycles. The molecule has 1 aliphatic rings. The van der Waals surface area contributed by atoms with Crippen molar-refractivity contribution in [3.8, 4) is 0 Å². The summed E-state index contributed by atoms with van der Waals surface area (Å²) in [4.78, 5) is 7.19. The molecule has 0 amide bonds. The Hall–Kier alpha value is -0.930. The lowest BCUT2D eigenvalue weighted by molar-refractivity contribution is 0.120. The van der Waals surface area contributed by atoms with Crippen LogP contribution in [0.4, 0.5) is 0 Å². The summed E-state index contributed by atoms with van der Waals surface area (Å²) in [5, 5.41) is 3.41. The average molecular weight is 275 g/mol. The Morgan fingerprint density at radius 3 is 2.85 bits per heavy atom. The van der Waals surface area contributed by atoms with Crippen LogP contribution in [-0.4, -0.2) is 29.0 Å². The van der Waals surface area contributed by atoms with Crippen molar-refractivity contribution >= 4 is 0 Å². The third kappa shape index (κ3) is 4.57. The van der Waals surface area contributed by atoms with Gasteiger partial charge in [0.1, 0.15) is 0 Å². The van der Waals surface area contributed by atoms with Gasteiger partial charge >= 0.3 is 0 Å². The smallest absolute Gasteiger partial charge is 0.0544 e. The Morgan fingerprint density at radius 1 is 1.35 bits per heavy atom. The second-order valence-corrected chi connectivity index (χ2v) is 6.28. The molecular weight excluding hydrogens is 246 g/mol. The number of hydrogen-bond acceptors (Lipinski definition) is 3. The molecule has 1 fully saturated rings. The molecule has 2 rings (SSSR count). The molecule has 0 aromatic carbocycles. The molecule has 1 aliphatic heterocycles. The maximum atomic E-state index is 4.62. The molecule has 1 aromatic heterocycles. The standard InChI is InChI=1S/C17H29N3/c1-4-8-18-11-16-5-6-17(19-12-16)13-20-9-7-14(2)10-15(20)3/h5-6,12,14-15,18H,4,7-11,13H2,1-3H3. The zero-order valence-electron chi connectivity index (χ0n) is 13.2. The summed E-state index contributed by atoms with van der Waals surface area (Å²) in [5.41, 5.74) is 2.48. The molecule has 1 N–H and O–H groups in total. The van der Waals surface area contributed by atoms with Crippen molar-refractivity contribution < 1.29 is 0 Å². The van der Waals surface area contributed by atoms with Crippen LogP contribution in [0.2, 0.25) is 0 Å². The Morgan fingerprint density at radius 2 is 2.20 bits per heavy atom. The van der Waals surface area contributed by atoms with E-state index in [1.54, 1.807) is 0 Å². The van der Waals surface area contributed by atoms with Crippen LogP contribution in [0.5, 0.6) is 0 Å². The Balaban J connectivity index is 1.84. The van der Waals surface area contributed by atoms with Crippen molar-refractivity contribution in [3.63, 3.8) is 0 Å². The van der Waals surface area contributed by atoms with Crippen molar-refractivity contribution in [1.29, 1.82) is 0 Å². The first-order chi connectivity index (χ1) is 9.69. The second-order valence-electron chi connectivity index (χ2n) is 6.28. The molecule has 3 heteroatoms. The quantitative estimate of drug-likeness (QED) is 0.808. The van der Waals surface area contributed by atoms with E-state index in [1.165, 1.54) is 37.1 Å². The van der Waals surface area contributed by atoms with Gasteiger partial charge in [-0.1, -0.05) is 19.9 Å². The van der Waals surface area contributed by atoms with Gasteiger partial charge in [-0.3, -0.25) is 9.88 Å². The minimum Gasteiger partial charge on any atom is -0.313 e. The number of rotatable bonds is 6. The fraction of sp³-hybridized carbons (Fsp3) is 0.706. The summed E-state index contributed by atoms with van der Waals surface area (Å²) >= 11 is 0. The van der Waals surface area contributed by atoms with E-state index in [9.17, 15) is 0 Å². The zero-order valence-corrected chi connectivity index (χ0v) is 13.2. The van der Waals surface area contributed by atoms with Gasteiger partial charge in [-0.05, 0) is 56.8 Å². The van der Waals surface area contributed by atoms with Gasteiger partial charge in [0, 0.05) is 25.3 Å². The minimum absolute atomic E-state index is 0.687. The molecule has 1 aromatic rings. The van der Waals surface area contributed by atoms with Crippen LogP contribution in [-0.2, 0) is 13.1 Å². The summed E-state index contributed by atoms with van der Waals surface area (Å²) < 4.78 is 0. The van der Waals surface area contributed by atoms with E-state index in [0.29, 0.717) is 6.04 Å². The van der Waals surface area contributed by atoms with Crippen LogP contribution >= 0.6 is 0 Å². The number of nitrogens with one attached hydrogen (secondary N) is 1. The van der Waals surface area contributed by atoms with Crippen molar-refractivity contribution in [1.82, 2.24) is 15.2 Å². The second kappa shape index (κ2) is 7.75. The van der Waals surface area contributed by atoms with E-state index in [1.807, 2.05) is 6.20 Å². The summed E-state index contributed by atoms with van der Waals surface area (Å²) in [5.74, 6) is 0.876. The van der Waals surface area contributed by atoms with Crippen LogP contribution in [0, 0.1) is 5.92 Å². The van der Waals surface area contributed by atoms with E-state index in [0.717, 1.165) is 25.6 Å². The van der Waals surface area contributed by atoms with Gasteiger partial charge in [-0.15, -0.1) is 0 Å². The topological polar surface area (TPSA) is 28.2 Å². The van der Waals surface area contributed by atoms with E-state index in [4.69, 9.17) is 0 Å². The van der Waals surface area contributed by atoms with E-state index < -0.39 is 0 Å². The number of hydrogen-bond donors (Lipinski definition) is 1. The summed E-state index contributed by atoms with van der Waals surface area (Å²) in [6.07, 6.45) is 5.84. The Bertz CT molecular complexity index is 388. The number of pyridine rings is 1. The van der Waals surface area contributed by atoms with Crippen LogP contribution < -0.4 is 5.32 Å². The predicted octanol–water partition coefficient (Wildman–Crippen LogP) is 3.20. The summed E-state index contributed by atoms with van der Waals surface area (Å²) in [6, 6.07) is 5.09. The van der Waals surface area contributed by atoms with E-state index >= 15 is 0 Å². The summed E-state index contributed by atoms with van der Waals surface area (Å²) in [7, 11) is 0. The predicted molar refractivity (Wildman–Crippen MR) is 84.5 cm³/mol. The lowest BCUT2D eigenvalue weighted by Crippen LogP contribution is -2.39. The zero-order chi connectivity index (χ0) is 14.4. The molecule has 2 atom stereocenters. The van der Waals surface area contributed by atoms with Gasteiger partial charge in [-0.2, -0.15) is 0 Å². The average Bonchev–Trinajstić information content (AvgIpc) is 2.44. The first-order valence-corrected chi connectivity index (χ1v) is 8.07. The van der Waals surface area contributed by atoms with Gasteiger partial charge in [0.15, 0.2) is 0 Å². The van der Waals surface area contributed by atoms with Crippen molar-refractivity contribution in [2.45, 2.75) is 59.2 Å². The summed E-state index contributed by atoms with van der Waals surface area (Å²) in [6.45, 7) is 11.1. The van der Waals surface area contributed by atoms with Gasteiger partial charge in [0.2, 0.25) is 0 Å². The monoisotopic (exact) mass is 275 g/mol. The van der Waals surface area contributed by atoms with Crippen LogP contribution in [0.15, 0.2) is 18.3 Å². The molecule has 0 aliphatic carbocycles. The van der Waals surface area contributed by atoms with Crippen LogP contribution in [0.25, 0.3) is 0 Å². The highest BCUT2D eigenvalue weighted by molar-refractivity contribution is 5.14. The van der Waals surface area contributed by atoms with E-state index in [-0.39, 0.29) is 0 Å². The molecule has 20 heavy (non-hydrogen) atoms. The maximum absolute atomic E-state index is 4.62. The highest BCUT2D eigenvalue weighted by Gasteiger charge is 2.22. The first-order valence-electron chi connectivity index (χ1n) is 8.07. The number of nitrogens with zero attached hydrogens (tertiary/aromatic N) is 2. The molecule has 0 radical (unpaired) electrons. The molecule has 2 heterocycles. The van der Waals surface area contributed by atoms with Crippen molar-refractivity contribution in [2.75, 3.05) is 13.1 Å². The molecule has 112 valence electrons. The maximum Gasteiger partial charge on any atom is 0.0544 e. The first kappa shape index (κ1) is 15.5. The normalized spacial score (nSPS) is 23.9. The lowest BCUT2D eigenvalue weighted by atomic mass is 9.93. The number of piperidine rings is 1. The molecule has 3 nitrogen and oxygen atoms in total. The fourth-order valence-corrected chi connectivity index (χ4v) is 2.96.